The molecule has 3 nitrogen and oxygen atoms in total. The Balaban J connectivity index is 4.71. The zero-order chi connectivity index (χ0) is 12.3. The van der Waals surface area contributed by atoms with Crippen LogP contribution >= 0.6 is 0 Å². The molecule has 0 aromatic heterocycles. The fraction of sp³-hybridized carbons (Fsp3) is 0.917. The van der Waals surface area contributed by atoms with Crippen molar-refractivity contribution in [2.45, 2.75) is 65.0 Å². The second kappa shape index (κ2) is 4.97. The monoisotopic (exact) mass is 214 g/mol. The highest BCUT2D eigenvalue weighted by Crippen LogP contribution is 2.21. The first-order valence-electron chi connectivity index (χ1n) is 5.76. The lowest BCUT2D eigenvalue weighted by atomic mass is 9.92. The number of amides is 1. The van der Waals surface area contributed by atoms with Gasteiger partial charge >= 0.3 is 0 Å². The molecular formula is C12H26N2O. The normalized spacial score (nSPS) is 15.9. The number of nitrogens with zero attached hydrogens (tertiary/aromatic N) is 1. The second-order valence-electron chi connectivity index (χ2n) is 5.20. The average molecular weight is 214 g/mol. The number of hydrogen-bond donors (Lipinski definition) is 1. The summed E-state index contributed by atoms with van der Waals surface area (Å²) in [5.74, 6) is 0.0381. The van der Waals surface area contributed by atoms with Crippen LogP contribution in [0.2, 0.25) is 0 Å². The van der Waals surface area contributed by atoms with E-state index in [1.807, 2.05) is 20.9 Å². The van der Waals surface area contributed by atoms with Gasteiger partial charge in [0, 0.05) is 12.6 Å². The highest BCUT2D eigenvalue weighted by atomic mass is 16.2. The predicted molar refractivity (Wildman–Crippen MR) is 64.6 cm³/mol. The molecule has 1 atom stereocenters. The summed E-state index contributed by atoms with van der Waals surface area (Å²) in [6, 6.07) is 0. The van der Waals surface area contributed by atoms with Gasteiger partial charge in [-0.3, -0.25) is 4.79 Å². The van der Waals surface area contributed by atoms with Crippen LogP contribution in [-0.2, 0) is 4.79 Å². The van der Waals surface area contributed by atoms with Crippen LogP contribution in [0, 0.1) is 0 Å². The van der Waals surface area contributed by atoms with Crippen molar-refractivity contribution in [3.63, 3.8) is 0 Å². The lowest BCUT2D eigenvalue weighted by Gasteiger charge is -2.39. The molecule has 0 saturated carbocycles. The maximum Gasteiger partial charge on any atom is 0.242 e. The highest BCUT2D eigenvalue weighted by molar-refractivity contribution is 5.86. The van der Waals surface area contributed by atoms with Crippen molar-refractivity contribution < 1.29 is 4.79 Å². The van der Waals surface area contributed by atoms with Crippen LogP contribution in [0.1, 0.15) is 53.9 Å². The number of nitrogens with two attached hydrogens (primary N) is 1. The van der Waals surface area contributed by atoms with E-state index in [1.54, 1.807) is 4.90 Å². The fourth-order valence-electron chi connectivity index (χ4n) is 1.52. The summed E-state index contributed by atoms with van der Waals surface area (Å²) in [6.07, 6.45) is 2.59. The molecule has 0 bridgehead atoms. The molecule has 2 N–H and O–H groups in total. The maximum atomic E-state index is 12.2. The van der Waals surface area contributed by atoms with Crippen LogP contribution < -0.4 is 5.73 Å². The van der Waals surface area contributed by atoms with Crippen molar-refractivity contribution in [2.24, 2.45) is 5.73 Å². The van der Waals surface area contributed by atoms with Crippen molar-refractivity contribution in [1.29, 1.82) is 0 Å². The van der Waals surface area contributed by atoms with E-state index in [0.717, 1.165) is 19.3 Å². The predicted octanol–water partition coefficient (Wildman–Crippen LogP) is 2.15. The molecular weight excluding hydrogens is 188 g/mol. The Morgan fingerprint density at radius 3 is 2.07 bits per heavy atom. The lowest BCUT2D eigenvalue weighted by Crippen LogP contribution is -2.57. The van der Waals surface area contributed by atoms with E-state index in [4.69, 9.17) is 5.73 Å². The molecule has 1 amide bonds. The third-order valence-corrected chi connectivity index (χ3v) is 3.34. The maximum absolute atomic E-state index is 12.2. The first-order valence-corrected chi connectivity index (χ1v) is 5.76. The van der Waals surface area contributed by atoms with Gasteiger partial charge in [-0.2, -0.15) is 0 Å². The van der Waals surface area contributed by atoms with Gasteiger partial charge in [-0.25, -0.2) is 0 Å². The van der Waals surface area contributed by atoms with Gasteiger partial charge in [-0.05, 0) is 33.6 Å². The largest absolute Gasteiger partial charge is 0.339 e. The van der Waals surface area contributed by atoms with Gasteiger partial charge in [0.05, 0.1) is 5.54 Å². The molecule has 0 radical (unpaired) electrons. The molecule has 0 aromatic rings. The number of likely N-dealkylation sites (N-methyl/N-ethyl adjacent to an activating group) is 1. The molecule has 15 heavy (non-hydrogen) atoms. The molecule has 0 saturated heterocycles. The SMILES string of the molecule is CCCC(C)(N)C(=O)N(C)C(C)(C)CC. The van der Waals surface area contributed by atoms with E-state index < -0.39 is 5.54 Å². The van der Waals surface area contributed by atoms with Gasteiger partial charge in [0.2, 0.25) is 5.91 Å². The molecule has 0 heterocycles. The molecule has 90 valence electrons. The second-order valence-corrected chi connectivity index (χ2v) is 5.20. The topological polar surface area (TPSA) is 46.3 Å². The molecule has 0 spiro atoms. The smallest absolute Gasteiger partial charge is 0.242 e. The summed E-state index contributed by atoms with van der Waals surface area (Å²) in [6.45, 7) is 10.1. The number of rotatable bonds is 5. The Bertz CT molecular complexity index is 222. The van der Waals surface area contributed by atoms with Gasteiger partial charge in [0.1, 0.15) is 0 Å². The van der Waals surface area contributed by atoms with Gasteiger partial charge in [0.25, 0.3) is 0 Å². The molecule has 0 aliphatic rings. The highest BCUT2D eigenvalue weighted by Gasteiger charge is 2.35. The lowest BCUT2D eigenvalue weighted by molar-refractivity contribution is -0.140. The molecule has 1 unspecified atom stereocenters. The van der Waals surface area contributed by atoms with Crippen molar-refractivity contribution >= 4 is 5.91 Å². The van der Waals surface area contributed by atoms with Gasteiger partial charge < -0.3 is 10.6 Å². The van der Waals surface area contributed by atoms with Crippen LogP contribution in [0.25, 0.3) is 0 Å². The summed E-state index contributed by atoms with van der Waals surface area (Å²) in [4.78, 5) is 13.9. The Morgan fingerprint density at radius 2 is 1.73 bits per heavy atom. The zero-order valence-corrected chi connectivity index (χ0v) is 11.1. The van der Waals surface area contributed by atoms with Gasteiger partial charge in [-0.1, -0.05) is 20.3 Å². The van der Waals surface area contributed by atoms with E-state index >= 15 is 0 Å². The standard InChI is InChI=1S/C12H26N2O/c1-7-9-12(5,13)10(15)14(6)11(3,4)8-2/h7-9,13H2,1-6H3. The summed E-state index contributed by atoms with van der Waals surface area (Å²) in [5, 5.41) is 0. The molecule has 0 rings (SSSR count). The molecule has 3 heteroatoms. The van der Waals surface area contributed by atoms with Gasteiger partial charge in [-0.15, -0.1) is 0 Å². The molecule has 0 aromatic carbocycles. The summed E-state index contributed by atoms with van der Waals surface area (Å²) in [7, 11) is 1.84. The third kappa shape index (κ3) is 3.49. The Labute approximate surface area is 94.0 Å². The summed E-state index contributed by atoms with van der Waals surface area (Å²) in [5.41, 5.74) is 5.19. The first-order chi connectivity index (χ1) is 6.69. The van der Waals surface area contributed by atoms with E-state index in [2.05, 4.69) is 20.8 Å². The third-order valence-electron chi connectivity index (χ3n) is 3.34. The molecule has 0 fully saturated rings. The first kappa shape index (κ1) is 14.4. The summed E-state index contributed by atoms with van der Waals surface area (Å²) >= 11 is 0. The Hall–Kier alpha value is -0.570. The van der Waals surface area contributed by atoms with Crippen LogP contribution in [0.5, 0.6) is 0 Å². The number of carbonyl (C=O) groups is 1. The van der Waals surface area contributed by atoms with Crippen LogP contribution in [-0.4, -0.2) is 28.9 Å². The van der Waals surface area contributed by atoms with Crippen molar-refractivity contribution in [2.75, 3.05) is 7.05 Å². The number of hydrogen-bond acceptors (Lipinski definition) is 2. The fourth-order valence-corrected chi connectivity index (χ4v) is 1.52. The Morgan fingerprint density at radius 1 is 1.27 bits per heavy atom. The minimum Gasteiger partial charge on any atom is -0.339 e. The van der Waals surface area contributed by atoms with Crippen LogP contribution in [0.4, 0.5) is 0 Å². The van der Waals surface area contributed by atoms with Crippen LogP contribution in [0.3, 0.4) is 0 Å². The van der Waals surface area contributed by atoms with Gasteiger partial charge in [0.15, 0.2) is 0 Å². The van der Waals surface area contributed by atoms with E-state index in [-0.39, 0.29) is 11.4 Å². The quantitative estimate of drug-likeness (QED) is 0.762. The van der Waals surface area contributed by atoms with Crippen LogP contribution in [0.15, 0.2) is 0 Å². The minimum absolute atomic E-state index is 0.0381. The Kier molecular flexibility index (Phi) is 4.78. The van der Waals surface area contributed by atoms with Crippen molar-refractivity contribution in [3.8, 4) is 0 Å². The number of carbonyl (C=O) groups excluding carboxylic acids is 1. The minimum atomic E-state index is -0.726. The summed E-state index contributed by atoms with van der Waals surface area (Å²) < 4.78 is 0. The van der Waals surface area contributed by atoms with E-state index in [1.165, 1.54) is 0 Å². The molecule has 0 aliphatic heterocycles. The zero-order valence-electron chi connectivity index (χ0n) is 11.1. The van der Waals surface area contributed by atoms with E-state index in [9.17, 15) is 4.79 Å². The van der Waals surface area contributed by atoms with Crippen molar-refractivity contribution in [1.82, 2.24) is 4.90 Å². The average Bonchev–Trinajstić information content (AvgIpc) is 2.15. The van der Waals surface area contributed by atoms with Crippen molar-refractivity contribution in [3.05, 3.63) is 0 Å². The molecule has 0 aliphatic carbocycles. The van der Waals surface area contributed by atoms with E-state index in [0.29, 0.717) is 0 Å².